The van der Waals surface area contributed by atoms with Gasteiger partial charge in [0, 0.05) is 12.6 Å². The van der Waals surface area contributed by atoms with Gasteiger partial charge in [0.05, 0.1) is 10.6 Å². The van der Waals surface area contributed by atoms with E-state index in [1.807, 2.05) is 71.9 Å². The van der Waals surface area contributed by atoms with Crippen molar-refractivity contribution in [1.29, 1.82) is 0 Å². The summed E-state index contributed by atoms with van der Waals surface area (Å²) in [7, 11) is -4.09. The predicted octanol–water partition coefficient (Wildman–Crippen LogP) is 5.45. The van der Waals surface area contributed by atoms with Crippen LogP contribution in [0, 0.1) is 27.7 Å². The summed E-state index contributed by atoms with van der Waals surface area (Å²) in [4.78, 5) is 28.8. The summed E-state index contributed by atoms with van der Waals surface area (Å²) in [6, 6.07) is 18.8. The lowest BCUT2D eigenvalue weighted by molar-refractivity contribution is -0.139. The Morgan fingerprint density at radius 3 is 2.12 bits per heavy atom. The van der Waals surface area contributed by atoms with E-state index in [9.17, 15) is 18.0 Å². The molecule has 0 aromatic heterocycles. The number of carbonyl (C=O) groups is 2. The Labute approximate surface area is 239 Å². The van der Waals surface area contributed by atoms with Crippen molar-refractivity contribution in [3.8, 4) is 0 Å². The molecule has 0 radical (unpaired) electrons. The number of sulfonamides is 1. The molecule has 7 nitrogen and oxygen atoms in total. The van der Waals surface area contributed by atoms with E-state index in [0.717, 1.165) is 38.5 Å². The second kappa shape index (κ2) is 13.1. The minimum absolute atomic E-state index is 0.0557. The Morgan fingerprint density at radius 1 is 0.850 bits per heavy atom. The Bertz CT molecular complexity index is 1450. The highest BCUT2D eigenvalue weighted by molar-refractivity contribution is 7.92. The molecule has 0 aliphatic carbocycles. The van der Waals surface area contributed by atoms with Gasteiger partial charge in [-0.15, -0.1) is 0 Å². The minimum atomic E-state index is -4.09. The average molecular weight is 564 g/mol. The monoisotopic (exact) mass is 563 g/mol. The lowest BCUT2D eigenvalue weighted by Gasteiger charge is -2.32. The van der Waals surface area contributed by atoms with Crippen LogP contribution < -0.4 is 9.62 Å². The van der Waals surface area contributed by atoms with E-state index >= 15 is 0 Å². The van der Waals surface area contributed by atoms with Gasteiger partial charge in [-0.05, 0) is 88.9 Å². The smallest absolute Gasteiger partial charge is 0.264 e. The molecule has 3 rings (SSSR count). The average Bonchev–Trinajstić information content (AvgIpc) is 2.91. The highest BCUT2D eigenvalue weighted by atomic mass is 32.2. The highest BCUT2D eigenvalue weighted by Gasteiger charge is 2.33. The summed E-state index contributed by atoms with van der Waals surface area (Å²) in [5, 5.41) is 2.96. The lowest BCUT2D eigenvalue weighted by Crippen LogP contribution is -2.52. The molecule has 0 unspecified atom stereocenters. The van der Waals surface area contributed by atoms with Crippen LogP contribution >= 0.6 is 0 Å². The van der Waals surface area contributed by atoms with Gasteiger partial charge in [-0.1, -0.05) is 60.5 Å². The van der Waals surface area contributed by atoms with E-state index in [2.05, 4.69) is 5.32 Å². The van der Waals surface area contributed by atoms with E-state index in [1.165, 1.54) is 4.90 Å². The molecule has 2 atom stereocenters. The first-order valence-corrected chi connectivity index (χ1v) is 15.1. The first kappa shape index (κ1) is 30.9. The van der Waals surface area contributed by atoms with Crippen molar-refractivity contribution in [2.75, 3.05) is 10.8 Å². The van der Waals surface area contributed by atoms with Gasteiger partial charge in [0.15, 0.2) is 0 Å². The van der Waals surface area contributed by atoms with Crippen LogP contribution in [0.15, 0.2) is 71.6 Å². The van der Waals surface area contributed by atoms with Crippen LogP contribution in [0.5, 0.6) is 0 Å². The zero-order valence-corrected chi connectivity index (χ0v) is 25.4. The molecule has 8 heteroatoms. The number of amides is 2. The third kappa shape index (κ3) is 7.50. The SMILES string of the molecule is CC[C@H](C)NC(=O)[C@H](C)N(Cc1cccc(C)c1)C(=O)CN(c1ccc(C)c(C)c1)S(=O)(=O)c1ccc(C)cc1. The van der Waals surface area contributed by atoms with E-state index in [4.69, 9.17) is 0 Å². The summed E-state index contributed by atoms with van der Waals surface area (Å²) < 4.78 is 29.1. The number of hydrogen-bond acceptors (Lipinski definition) is 4. The molecule has 0 bridgehead atoms. The van der Waals surface area contributed by atoms with Crippen molar-refractivity contribution in [3.63, 3.8) is 0 Å². The number of nitrogens with one attached hydrogen (secondary N) is 1. The normalized spacial score (nSPS) is 12.9. The zero-order valence-electron chi connectivity index (χ0n) is 24.6. The second-order valence-electron chi connectivity index (χ2n) is 10.6. The van der Waals surface area contributed by atoms with Crippen LogP contribution in [0.25, 0.3) is 0 Å². The van der Waals surface area contributed by atoms with E-state index in [0.29, 0.717) is 5.69 Å². The first-order valence-electron chi connectivity index (χ1n) is 13.7. The van der Waals surface area contributed by atoms with Crippen LogP contribution in [-0.4, -0.2) is 43.8 Å². The molecule has 2 amide bonds. The second-order valence-corrected chi connectivity index (χ2v) is 12.5. The summed E-state index contributed by atoms with van der Waals surface area (Å²) >= 11 is 0. The summed E-state index contributed by atoms with van der Waals surface area (Å²) in [5.74, 6) is -0.753. The summed E-state index contributed by atoms with van der Waals surface area (Å²) in [5.41, 5.74) is 5.13. The quantitative estimate of drug-likeness (QED) is 0.336. The third-order valence-electron chi connectivity index (χ3n) is 7.27. The van der Waals surface area contributed by atoms with Crippen LogP contribution in [-0.2, 0) is 26.2 Å². The van der Waals surface area contributed by atoms with Crippen LogP contribution in [0.4, 0.5) is 5.69 Å². The van der Waals surface area contributed by atoms with E-state index in [1.54, 1.807) is 43.3 Å². The largest absolute Gasteiger partial charge is 0.352 e. The summed E-state index contributed by atoms with van der Waals surface area (Å²) in [6.45, 7) is 13.0. The molecule has 1 N–H and O–H groups in total. The Morgan fingerprint density at radius 2 is 1.52 bits per heavy atom. The van der Waals surface area contributed by atoms with Gasteiger partial charge in [-0.2, -0.15) is 0 Å². The van der Waals surface area contributed by atoms with Crippen LogP contribution in [0.3, 0.4) is 0 Å². The molecule has 0 spiro atoms. The van der Waals surface area contributed by atoms with Crippen molar-refractivity contribution in [2.24, 2.45) is 0 Å². The summed E-state index contributed by atoms with van der Waals surface area (Å²) in [6.07, 6.45) is 0.750. The van der Waals surface area contributed by atoms with Gasteiger partial charge < -0.3 is 10.2 Å². The van der Waals surface area contributed by atoms with Crippen molar-refractivity contribution in [3.05, 3.63) is 94.5 Å². The maximum Gasteiger partial charge on any atom is 0.264 e. The molecular formula is C32H41N3O4S. The van der Waals surface area contributed by atoms with Gasteiger partial charge in [-0.3, -0.25) is 13.9 Å². The predicted molar refractivity (Wildman–Crippen MR) is 161 cm³/mol. The molecule has 40 heavy (non-hydrogen) atoms. The van der Waals surface area contributed by atoms with Gasteiger partial charge in [0.2, 0.25) is 11.8 Å². The number of hydrogen-bond donors (Lipinski definition) is 1. The standard InChI is InChI=1S/C32H41N3O4S/c1-8-26(6)33-32(37)27(7)34(20-28-11-9-10-23(3)18-28)31(36)21-35(29-15-14-24(4)25(5)19-29)40(38,39)30-16-12-22(2)13-17-30/h9-19,26-27H,8,20-21H2,1-7H3,(H,33,37)/t26-,27-/m0/s1. The van der Waals surface area contributed by atoms with Crippen molar-refractivity contribution in [2.45, 2.75) is 78.4 Å². The number of nitrogens with zero attached hydrogens (tertiary/aromatic N) is 2. The van der Waals surface area contributed by atoms with Crippen LogP contribution in [0.2, 0.25) is 0 Å². The van der Waals surface area contributed by atoms with Gasteiger partial charge in [0.25, 0.3) is 10.0 Å². The van der Waals surface area contributed by atoms with Crippen molar-refractivity contribution >= 4 is 27.5 Å². The number of rotatable bonds is 11. The zero-order chi connectivity index (χ0) is 29.6. The molecule has 214 valence electrons. The fourth-order valence-corrected chi connectivity index (χ4v) is 5.71. The van der Waals surface area contributed by atoms with Gasteiger partial charge in [-0.25, -0.2) is 8.42 Å². The van der Waals surface area contributed by atoms with Gasteiger partial charge >= 0.3 is 0 Å². The lowest BCUT2D eigenvalue weighted by atomic mass is 10.1. The van der Waals surface area contributed by atoms with Crippen LogP contribution in [0.1, 0.15) is 55.0 Å². The maximum absolute atomic E-state index is 14.0. The number of benzene rings is 3. The van der Waals surface area contributed by atoms with E-state index < -0.39 is 28.5 Å². The van der Waals surface area contributed by atoms with Crippen molar-refractivity contribution in [1.82, 2.24) is 10.2 Å². The topological polar surface area (TPSA) is 86.8 Å². The first-order chi connectivity index (χ1) is 18.8. The minimum Gasteiger partial charge on any atom is -0.352 e. The molecule has 3 aromatic rings. The Hall–Kier alpha value is -3.65. The molecule has 0 saturated carbocycles. The molecule has 0 fully saturated rings. The molecule has 0 aliphatic heterocycles. The number of carbonyl (C=O) groups excluding carboxylic acids is 2. The molecule has 0 saturated heterocycles. The fourth-order valence-electron chi connectivity index (χ4n) is 4.30. The third-order valence-corrected chi connectivity index (χ3v) is 9.06. The molecule has 0 aliphatic rings. The van der Waals surface area contributed by atoms with E-state index in [-0.39, 0.29) is 23.4 Å². The Kier molecular flexibility index (Phi) is 10.1. The molecular weight excluding hydrogens is 522 g/mol. The fraction of sp³-hybridized carbons (Fsp3) is 0.375. The Balaban J connectivity index is 2.05. The van der Waals surface area contributed by atoms with Gasteiger partial charge in [0.1, 0.15) is 12.6 Å². The number of anilines is 1. The molecule has 3 aromatic carbocycles. The highest BCUT2D eigenvalue weighted by Crippen LogP contribution is 2.27. The number of aryl methyl sites for hydroxylation is 4. The molecule has 0 heterocycles. The van der Waals surface area contributed by atoms with Crippen molar-refractivity contribution < 1.29 is 18.0 Å². The maximum atomic E-state index is 14.0.